The Morgan fingerprint density at radius 2 is 0.610 bits per heavy atom. The van der Waals surface area contributed by atoms with Gasteiger partial charge in [-0.1, -0.05) is 190 Å². The number of benzene rings is 5. The van der Waals surface area contributed by atoms with Gasteiger partial charge in [-0.2, -0.15) is 48.1 Å². The van der Waals surface area contributed by atoms with E-state index < -0.39 is 0 Å². The van der Waals surface area contributed by atoms with Crippen LogP contribution >= 0.6 is 116 Å². The molecule has 17 heterocycles. The van der Waals surface area contributed by atoms with E-state index in [1.807, 2.05) is 108 Å². The van der Waals surface area contributed by atoms with Crippen molar-refractivity contribution < 1.29 is 9.47 Å². The van der Waals surface area contributed by atoms with E-state index in [2.05, 4.69) is 132 Å². The molecule has 0 radical (unpaired) electrons. The zero-order valence-electron chi connectivity index (χ0n) is 75.6. The highest BCUT2D eigenvalue weighted by Crippen LogP contribution is 2.50. The van der Waals surface area contributed by atoms with Gasteiger partial charge in [-0.05, 0) is 199 Å². The highest BCUT2D eigenvalue weighted by Gasteiger charge is 2.49. The minimum absolute atomic E-state index is 0.0889. The molecule has 7 aliphatic heterocycles. The Hall–Kier alpha value is -9.18. The van der Waals surface area contributed by atoms with Gasteiger partial charge in [0.1, 0.15) is 60.7 Å². The van der Waals surface area contributed by atoms with Crippen LogP contribution in [-0.4, -0.2) is 195 Å². The predicted molar refractivity (Wildman–Crippen MR) is 551 cm³/mol. The molecule has 15 aromatic rings. The van der Waals surface area contributed by atoms with Gasteiger partial charge in [-0.3, -0.25) is 0 Å². The molecule has 3 spiro atoms. The number of anilines is 5. The number of hydrogen-bond acceptors (Lipinski definition) is 22. The number of ether oxygens (including phenoxy) is 2. The molecule has 10 aromatic heterocycles. The molecule has 4 unspecified atom stereocenters. The number of nitrogens with two attached hydrogens (primary N) is 5. The van der Waals surface area contributed by atoms with Gasteiger partial charge in [0.15, 0.2) is 28.2 Å². The Balaban J connectivity index is 0.000000109. The zero-order chi connectivity index (χ0) is 94.7. The Morgan fingerprint density at radius 1 is 0.331 bits per heavy atom. The van der Waals surface area contributed by atoms with Crippen LogP contribution in [0.25, 0.3) is 83.9 Å². The maximum atomic E-state index is 6.46. The van der Waals surface area contributed by atoms with Crippen molar-refractivity contribution in [1.82, 2.24) is 73.0 Å². The molecule has 23 rings (SSSR count). The van der Waals surface area contributed by atoms with Gasteiger partial charge in [-0.25, -0.2) is 24.9 Å². The first-order chi connectivity index (χ1) is 65.7. The quantitative estimate of drug-likeness (QED) is 0.0803. The van der Waals surface area contributed by atoms with Gasteiger partial charge in [0.05, 0.1) is 76.2 Å². The largest absolute Gasteiger partial charge is 0.379 e. The number of aromatic nitrogens is 15. The van der Waals surface area contributed by atoms with Crippen LogP contribution in [-0.2, 0) is 9.47 Å². The minimum atomic E-state index is -0.0910. The van der Waals surface area contributed by atoms with Crippen LogP contribution in [0.4, 0.5) is 29.1 Å². The number of hydrogen-bond donors (Lipinski definition) is 5. The Bertz CT molecular complexity index is 6700. The van der Waals surface area contributed by atoms with Gasteiger partial charge < -0.3 is 62.6 Å². The lowest BCUT2D eigenvalue weighted by atomic mass is 9.73. The molecule has 5 aromatic carbocycles. The van der Waals surface area contributed by atoms with Crippen molar-refractivity contribution in [2.24, 2.45) is 50.3 Å². The predicted octanol–water partition coefficient (Wildman–Crippen LogP) is 20.8. The number of halogens is 10. The van der Waals surface area contributed by atoms with E-state index in [9.17, 15) is 0 Å². The van der Waals surface area contributed by atoms with Gasteiger partial charge >= 0.3 is 0 Å². The summed E-state index contributed by atoms with van der Waals surface area (Å²) in [7, 11) is 0. The van der Waals surface area contributed by atoms with Crippen molar-refractivity contribution in [3.05, 3.63) is 234 Å². The van der Waals surface area contributed by atoms with Crippen molar-refractivity contribution in [1.29, 1.82) is 0 Å². The Kier molecular flexibility index (Phi) is 28.0. The SMILES string of the molecule is CC1(CN)CCN(c2ccc(-c3cccc(Cl)c3Cl)c3ncnn23)CC1.CC1(N)CCN(c2ccc(-c3cccc(Cl)c3Cl)c3ncnn23)CC1.CC1OCC2(CCN(c3ccc(-c4cccc(Cl)c4Cl)c4ncnn34)CC2)C1N.NC1CCCC12CCN(c1ccc(-c3cccc(Cl)c3Cl)c3ncnn13)CC2.NC1COCC12CCN(c1ccc(-c3cccc(Cl)c3Cl)c3ncnn13)CC2. The summed E-state index contributed by atoms with van der Waals surface area (Å²) in [6, 6.07) is 49.4. The molecule has 1 aliphatic carbocycles. The topological polar surface area (TPSA) is 316 Å². The fourth-order valence-electron chi connectivity index (χ4n) is 21.0. The molecular weight excluding hydrogens is 1930 g/mol. The normalized spacial score (nSPS) is 20.4. The van der Waals surface area contributed by atoms with Gasteiger partial charge in [0.25, 0.3) is 0 Å². The molecule has 0 bridgehead atoms. The number of nitrogens with zero attached hydrogens (tertiary/aromatic N) is 20. The lowest BCUT2D eigenvalue weighted by molar-refractivity contribution is 0.0974. The average Bonchev–Trinajstić information content (AvgIpc) is 1.36. The van der Waals surface area contributed by atoms with Crippen molar-refractivity contribution in [2.75, 3.05) is 116 Å². The summed E-state index contributed by atoms with van der Waals surface area (Å²) < 4.78 is 20.9. The molecule has 136 heavy (non-hydrogen) atoms. The van der Waals surface area contributed by atoms with Crippen molar-refractivity contribution in [2.45, 2.75) is 134 Å². The molecule has 710 valence electrons. The third kappa shape index (κ3) is 18.6. The number of rotatable bonds is 11. The lowest BCUT2D eigenvalue weighted by Crippen LogP contribution is -2.50. The molecule has 7 saturated heterocycles. The van der Waals surface area contributed by atoms with Crippen LogP contribution < -0.4 is 53.2 Å². The van der Waals surface area contributed by atoms with Crippen LogP contribution in [0.15, 0.2) is 183 Å². The Morgan fingerprint density at radius 3 is 0.868 bits per heavy atom. The van der Waals surface area contributed by atoms with Crippen LogP contribution in [0.5, 0.6) is 0 Å². The second kappa shape index (κ2) is 39.8. The fourth-order valence-corrected chi connectivity index (χ4v) is 23.0. The number of piperidine rings is 5. The average molecular weight is 2030 g/mol. The lowest BCUT2D eigenvalue weighted by Gasteiger charge is -2.42. The molecular formula is C99H107Cl10N25O2. The minimum Gasteiger partial charge on any atom is -0.379 e. The first-order valence-electron chi connectivity index (χ1n) is 46.2. The summed E-state index contributed by atoms with van der Waals surface area (Å²) in [5.74, 6) is 5.17. The molecule has 8 aliphatic rings. The fraction of sp³-hybridized carbons (Fsp3) is 0.394. The third-order valence-corrected chi connectivity index (χ3v) is 33.9. The van der Waals surface area contributed by atoms with Gasteiger partial charge in [0, 0.05) is 156 Å². The van der Waals surface area contributed by atoms with E-state index in [0.717, 1.165) is 262 Å². The summed E-state index contributed by atoms with van der Waals surface area (Å²) in [4.78, 5) is 34.2. The van der Waals surface area contributed by atoms with Crippen molar-refractivity contribution in [3.63, 3.8) is 0 Å². The van der Waals surface area contributed by atoms with E-state index >= 15 is 0 Å². The van der Waals surface area contributed by atoms with Gasteiger partial charge in [-0.15, -0.1) is 0 Å². The van der Waals surface area contributed by atoms with E-state index in [1.54, 1.807) is 62.0 Å². The van der Waals surface area contributed by atoms with Crippen molar-refractivity contribution in [3.8, 4) is 55.6 Å². The second-order valence-corrected chi connectivity index (χ2v) is 41.8. The molecule has 10 N–H and O–H groups in total. The Labute approximate surface area is 839 Å². The first-order valence-corrected chi connectivity index (χ1v) is 50.0. The highest BCUT2D eigenvalue weighted by molar-refractivity contribution is 6.46. The highest BCUT2D eigenvalue weighted by atomic mass is 35.5. The third-order valence-electron chi connectivity index (χ3n) is 29.8. The number of fused-ring (bicyclic) bond motifs is 5. The van der Waals surface area contributed by atoms with E-state index in [1.165, 1.54) is 19.3 Å². The first kappa shape index (κ1) is 95.7. The van der Waals surface area contributed by atoms with Crippen LogP contribution in [0.1, 0.15) is 104 Å². The van der Waals surface area contributed by atoms with E-state index in [-0.39, 0.29) is 40.0 Å². The summed E-state index contributed by atoms with van der Waals surface area (Å²) >= 11 is 63.2. The second-order valence-electron chi connectivity index (χ2n) is 37.9. The molecule has 4 atom stereocenters. The van der Waals surface area contributed by atoms with Crippen LogP contribution in [0.3, 0.4) is 0 Å². The molecule has 0 amide bonds. The van der Waals surface area contributed by atoms with Crippen LogP contribution in [0.2, 0.25) is 50.2 Å². The van der Waals surface area contributed by atoms with Crippen LogP contribution in [0, 0.1) is 21.7 Å². The van der Waals surface area contributed by atoms with E-state index in [0.29, 0.717) is 68.3 Å². The van der Waals surface area contributed by atoms with Gasteiger partial charge in [0.2, 0.25) is 0 Å². The standard InChI is InChI=1S/C21H23Cl2N5O.C21H23Cl2N5.C20H21Cl2N5O.C19H21Cl2N5.C18H19Cl2N5/c1-13-19(24)21(11-29-13)7-9-27(10-8-21)17-6-5-15(20-25-12-26-28(17)20)14-3-2-4-16(22)18(14)23;22-16-4-1-3-14(19(16)23)15-6-7-18(28-20(15)25-13-26-28)27-11-9-21(10-12-27)8-2-5-17(21)24;21-15-3-1-2-13(18(15)22)14-4-5-17(27-19(14)24-12-25-27)26-8-6-20(7-9-26)11-28-10-16(20)23;1-19(11-22)7-9-25(10-8-19)16-6-5-14(18-23-12-24-26(16)18)13-3-2-4-15(20)17(13)21;1-18(21)7-9-24(10-8-18)15-6-5-13(17-22-11-23-25(15)17)12-3-2-4-14(19)16(12)20/h2-6,12-13,19H,7-11,24H2,1H3;1,3-4,6-7,13,17H,2,5,8-12,24H2;1-5,12,16H,6-11,23H2;2-6,12H,7-11,22H2,1H3;2-6,11H,7-10,21H2,1H3. The summed E-state index contributed by atoms with van der Waals surface area (Å²) in [5.41, 5.74) is 44.8. The molecule has 1 saturated carbocycles. The summed E-state index contributed by atoms with van der Waals surface area (Å²) in [6.07, 6.45) is 22.1. The maximum absolute atomic E-state index is 6.46. The maximum Gasteiger partial charge on any atom is 0.165 e. The monoisotopic (exact) mass is 2030 g/mol. The zero-order valence-corrected chi connectivity index (χ0v) is 83.2. The molecule has 8 fully saturated rings. The van der Waals surface area contributed by atoms with Crippen molar-refractivity contribution >= 4 is 173 Å². The molecule has 37 heteroatoms. The number of pyridine rings is 5. The van der Waals surface area contributed by atoms with E-state index in [4.69, 9.17) is 154 Å². The summed E-state index contributed by atoms with van der Waals surface area (Å²) in [5, 5.41) is 27.6. The molecule has 27 nitrogen and oxygen atoms in total. The smallest absolute Gasteiger partial charge is 0.165 e. The summed E-state index contributed by atoms with van der Waals surface area (Å²) in [6.45, 7) is 18.8.